The maximum atomic E-state index is 10.0. The molecule has 0 aromatic carbocycles. The number of hydrogen-bond donors (Lipinski definition) is 1. The highest BCUT2D eigenvalue weighted by molar-refractivity contribution is 5.48. The monoisotopic (exact) mass is 195 g/mol. The Morgan fingerprint density at radius 3 is 2.36 bits per heavy atom. The molecule has 0 heterocycles. The van der Waals surface area contributed by atoms with Crippen molar-refractivity contribution in [3.8, 4) is 0 Å². The highest BCUT2D eigenvalue weighted by atomic mass is 16.1. The van der Waals surface area contributed by atoms with E-state index in [1.807, 2.05) is 39.8 Å². The summed E-state index contributed by atoms with van der Waals surface area (Å²) >= 11 is 0. The molecule has 0 saturated heterocycles. The molecule has 0 rings (SSSR count). The second-order valence-electron chi connectivity index (χ2n) is 2.41. The van der Waals surface area contributed by atoms with E-state index in [2.05, 4.69) is 11.9 Å². The maximum absolute atomic E-state index is 10.0. The van der Waals surface area contributed by atoms with E-state index >= 15 is 0 Å². The van der Waals surface area contributed by atoms with Crippen molar-refractivity contribution in [2.24, 2.45) is 0 Å². The molecule has 0 unspecified atom stereocenters. The predicted molar refractivity (Wildman–Crippen MR) is 63.1 cm³/mol. The van der Waals surface area contributed by atoms with Crippen LogP contribution >= 0.6 is 0 Å². The number of carbonyl (C=O) groups excluding carboxylic acids is 1. The SMILES string of the molecule is C=C/C(CNC=O)=C(C)\C=C/C.CC. The molecule has 14 heavy (non-hydrogen) atoms. The van der Waals surface area contributed by atoms with Crippen molar-refractivity contribution in [2.75, 3.05) is 6.54 Å². The van der Waals surface area contributed by atoms with Crippen LogP contribution in [0.25, 0.3) is 0 Å². The zero-order chi connectivity index (χ0) is 11.4. The lowest BCUT2D eigenvalue weighted by Gasteiger charge is -2.03. The molecule has 0 aromatic heterocycles. The van der Waals surface area contributed by atoms with Crippen LogP contribution in [0.5, 0.6) is 0 Å². The first kappa shape index (κ1) is 15.2. The molecule has 0 bridgehead atoms. The normalized spacial score (nSPS) is 11.1. The first-order valence-electron chi connectivity index (χ1n) is 4.88. The second-order valence-corrected chi connectivity index (χ2v) is 2.41. The van der Waals surface area contributed by atoms with E-state index in [4.69, 9.17) is 0 Å². The molecule has 0 aliphatic rings. The van der Waals surface area contributed by atoms with E-state index in [1.165, 1.54) is 0 Å². The van der Waals surface area contributed by atoms with Gasteiger partial charge in [-0.3, -0.25) is 4.79 Å². The lowest BCUT2D eigenvalue weighted by Crippen LogP contribution is -2.14. The summed E-state index contributed by atoms with van der Waals surface area (Å²) in [7, 11) is 0. The van der Waals surface area contributed by atoms with Crippen LogP contribution in [-0.4, -0.2) is 13.0 Å². The van der Waals surface area contributed by atoms with E-state index in [1.54, 1.807) is 6.08 Å². The van der Waals surface area contributed by atoms with Gasteiger partial charge in [0.25, 0.3) is 0 Å². The third-order valence-corrected chi connectivity index (χ3v) is 1.55. The van der Waals surface area contributed by atoms with Gasteiger partial charge >= 0.3 is 0 Å². The molecule has 0 aliphatic carbocycles. The quantitative estimate of drug-likeness (QED) is 0.530. The van der Waals surface area contributed by atoms with Gasteiger partial charge in [-0.05, 0) is 25.0 Å². The minimum atomic E-state index is 0.545. The molecule has 0 aliphatic heterocycles. The van der Waals surface area contributed by atoms with Crippen molar-refractivity contribution in [1.29, 1.82) is 0 Å². The molecule has 0 atom stereocenters. The average molecular weight is 195 g/mol. The Labute approximate surface area is 87.4 Å². The smallest absolute Gasteiger partial charge is 0.207 e. The zero-order valence-electron chi connectivity index (χ0n) is 9.63. The fourth-order valence-electron chi connectivity index (χ4n) is 0.881. The number of nitrogens with one attached hydrogen (secondary N) is 1. The summed E-state index contributed by atoms with van der Waals surface area (Å²) in [5.41, 5.74) is 2.17. The summed E-state index contributed by atoms with van der Waals surface area (Å²) in [5.74, 6) is 0. The van der Waals surface area contributed by atoms with Gasteiger partial charge in [-0.2, -0.15) is 0 Å². The van der Waals surface area contributed by atoms with Gasteiger partial charge in [0.05, 0.1) is 0 Å². The van der Waals surface area contributed by atoms with Gasteiger partial charge < -0.3 is 5.32 Å². The number of carbonyl (C=O) groups is 1. The molecule has 0 radical (unpaired) electrons. The van der Waals surface area contributed by atoms with E-state index in [0.717, 1.165) is 11.1 Å². The summed E-state index contributed by atoms with van der Waals surface area (Å²) in [5, 5.41) is 2.60. The lowest BCUT2D eigenvalue weighted by molar-refractivity contribution is -0.109. The number of hydrogen-bond acceptors (Lipinski definition) is 1. The Morgan fingerprint density at radius 2 is 2.00 bits per heavy atom. The Kier molecular flexibility index (Phi) is 12.7. The van der Waals surface area contributed by atoms with Crippen LogP contribution in [0.4, 0.5) is 0 Å². The van der Waals surface area contributed by atoms with Crippen LogP contribution in [0.15, 0.2) is 36.0 Å². The van der Waals surface area contributed by atoms with Crippen molar-refractivity contribution in [3.05, 3.63) is 36.0 Å². The van der Waals surface area contributed by atoms with E-state index in [-0.39, 0.29) is 0 Å². The van der Waals surface area contributed by atoms with Crippen molar-refractivity contribution in [2.45, 2.75) is 27.7 Å². The Balaban J connectivity index is 0. The van der Waals surface area contributed by atoms with Crippen molar-refractivity contribution < 1.29 is 4.79 Å². The fraction of sp³-hybridized carbons (Fsp3) is 0.417. The molecule has 1 N–H and O–H groups in total. The molecule has 0 spiro atoms. The zero-order valence-corrected chi connectivity index (χ0v) is 9.63. The van der Waals surface area contributed by atoms with Gasteiger partial charge in [-0.1, -0.05) is 38.7 Å². The minimum Gasteiger partial charge on any atom is -0.355 e. The third-order valence-electron chi connectivity index (χ3n) is 1.55. The van der Waals surface area contributed by atoms with E-state index in [9.17, 15) is 4.79 Å². The predicted octanol–water partition coefficient (Wildman–Crippen LogP) is 2.84. The van der Waals surface area contributed by atoms with Crippen LogP contribution in [0.2, 0.25) is 0 Å². The minimum absolute atomic E-state index is 0.545. The molecule has 0 aromatic rings. The second kappa shape index (κ2) is 11.7. The van der Waals surface area contributed by atoms with Crippen LogP contribution in [0.3, 0.4) is 0 Å². The van der Waals surface area contributed by atoms with Crippen LogP contribution in [-0.2, 0) is 4.79 Å². The van der Waals surface area contributed by atoms with E-state index < -0.39 is 0 Å². The van der Waals surface area contributed by atoms with Gasteiger partial charge in [0.15, 0.2) is 0 Å². The molecular formula is C12H21NO. The van der Waals surface area contributed by atoms with Gasteiger partial charge in [-0.15, -0.1) is 0 Å². The largest absolute Gasteiger partial charge is 0.355 e. The average Bonchev–Trinajstić information content (AvgIpc) is 2.22. The summed E-state index contributed by atoms with van der Waals surface area (Å²) in [6, 6.07) is 0. The summed E-state index contributed by atoms with van der Waals surface area (Å²) < 4.78 is 0. The Bertz CT molecular complexity index is 214. The van der Waals surface area contributed by atoms with Gasteiger partial charge in [0, 0.05) is 6.54 Å². The molecule has 0 fully saturated rings. The molecule has 0 saturated carbocycles. The standard InChI is InChI=1S/C10H15NO.C2H6/c1-4-6-9(3)10(5-2)7-11-8-12;1-2/h4-6,8H,2,7H2,1,3H3,(H,11,12);1-2H3/b6-4-,10-9+;. The number of amides is 1. The summed E-state index contributed by atoms with van der Waals surface area (Å²) in [4.78, 5) is 10.0. The highest BCUT2D eigenvalue weighted by Gasteiger charge is 1.93. The third kappa shape index (κ3) is 7.35. The lowest BCUT2D eigenvalue weighted by atomic mass is 10.1. The fourth-order valence-corrected chi connectivity index (χ4v) is 0.881. The Hall–Kier alpha value is -1.31. The Morgan fingerprint density at radius 1 is 1.43 bits per heavy atom. The van der Waals surface area contributed by atoms with Crippen LogP contribution in [0.1, 0.15) is 27.7 Å². The molecule has 1 amide bonds. The van der Waals surface area contributed by atoms with Gasteiger partial charge in [0.2, 0.25) is 6.41 Å². The summed E-state index contributed by atoms with van der Waals surface area (Å²) in [6.07, 6.45) is 6.39. The first-order valence-corrected chi connectivity index (χ1v) is 4.88. The van der Waals surface area contributed by atoms with E-state index in [0.29, 0.717) is 13.0 Å². The highest BCUT2D eigenvalue weighted by Crippen LogP contribution is 2.05. The van der Waals surface area contributed by atoms with Crippen molar-refractivity contribution >= 4 is 6.41 Å². The number of rotatable bonds is 5. The topological polar surface area (TPSA) is 29.1 Å². The van der Waals surface area contributed by atoms with Crippen LogP contribution in [0, 0.1) is 0 Å². The van der Waals surface area contributed by atoms with Crippen molar-refractivity contribution in [3.63, 3.8) is 0 Å². The van der Waals surface area contributed by atoms with Crippen molar-refractivity contribution in [1.82, 2.24) is 5.32 Å². The molecule has 2 nitrogen and oxygen atoms in total. The molecule has 80 valence electrons. The maximum Gasteiger partial charge on any atom is 0.207 e. The van der Waals surface area contributed by atoms with Gasteiger partial charge in [0.1, 0.15) is 0 Å². The van der Waals surface area contributed by atoms with Crippen LogP contribution < -0.4 is 5.32 Å². The number of allylic oxidation sites excluding steroid dienone is 3. The van der Waals surface area contributed by atoms with Gasteiger partial charge in [-0.25, -0.2) is 0 Å². The molecular weight excluding hydrogens is 174 g/mol. The first-order chi connectivity index (χ1) is 6.76. The summed E-state index contributed by atoms with van der Waals surface area (Å²) in [6.45, 7) is 12.2. The molecule has 2 heteroatoms.